The van der Waals surface area contributed by atoms with Crippen molar-refractivity contribution < 1.29 is 4.24 Å². The number of hydrogen-bond donors (Lipinski definition) is 1. The van der Waals surface area contributed by atoms with Gasteiger partial charge in [-0.2, -0.15) is 4.24 Å². The van der Waals surface area contributed by atoms with Crippen molar-refractivity contribution in [2.75, 3.05) is 5.73 Å². The highest BCUT2D eigenvalue weighted by atomic mass is 14.9. The summed E-state index contributed by atoms with van der Waals surface area (Å²) < 4.78 is 1.99. The van der Waals surface area contributed by atoms with Gasteiger partial charge in [0.15, 0.2) is 18.2 Å². The number of rotatable bonds is 0. The zero-order chi connectivity index (χ0) is 6.97. The van der Waals surface area contributed by atoms with E-state index in [-0.39, 0.29) is 0 Å². The zero-order valence-corrected chi connectivity index (χ0v) is 5.49. The molecule has 0 saturated heterocycles. The van der Waals surface area contributed by atoms with Crippen LogP contribution >= 0.6 is 0 Å². The summed E-state index contributed by atoms with van der Waals surface area (Å²) in [5, 5.41) is 1.02. The normalized spacial score (nSPS) is 13.6. The third-order valence-corrected chi connectivity index (χ3v) is 1.59. The van der Waals surface area contributed by atoms with Crippen LogP contribution in [0.3, 0.4) is 0 Å². The highest BCUT2D eigenvalue weighted by Crippen LogP contribution is 1.86. The SMILES string of the molecule is Nc1ncc[n+]2c1=CCC=2. The first-order valence-electron chi connectivity index (χ1n) is 3.20. The number of anilines is 1. The van der Waals surface area contributed by atoms with E-state index in [0.717, 1.165) is 11.8 Å². The molecule has 0 saturated carbocycles. The Morgan fingerprint density at radius 2 is 2.50 bits per heavy atom. The third-order valence-electron chi connectivity index (χ3n) is 1.59. The predicted molar refractivity (Wildman–Crippen MR) is 37.2 cm³/mol. The summed E-state index contributed by atoms with van der Waals surface area (Å²) in [6.45, 7) is 0. The van der Waals surface area contributed by atoms with E-state index in [1.165, 1.54) is 0 Å². The van der Waals surface area contributed by atoms with E-state index < -0.39 is 0 Å². The van der Waals surface area contributed by atoms with E-state index in [1.54, 1.807) is 6.20 Å². The van der Waals surface area contributed by atoms with E-state index in [9.17, 15) is 0 Å². The lowest BCUT2D eigenvalue weighted by atomic mass is 10.4. The number of aromatic nitrogens is 2. The molecule has 2 heterocycles. The van der Waals surface area contributed by atoms with Crippen molar-refractivity contribution >= 4 is 11.9 Å². The Labute approximate surface area is 58.2 Å². The van der Waals surface area contributed by atoms with Gasteiger partial charge in [-0.1, -0.05) is 0 Å². The fourth-order valence-corrected chi connectivity index (χ4v) is 1.11. The highest BCUT2D eigenvalue weighted by Gasteiger charge is 2.04. The maximum atomic E-state index is 5.59. The monoisotopic (exact) mass is 134 g/mol. The minimum atomic E-state index is 0.608. The minimum Gasteiger partial charge on any atom is -0.378 e. The van der Waals surface area contributed by atoms with E-state index in [4.69, 9.17) is 5.73 Å². The Hall–Kier alpha value is -1.38. The smallest absolute Gasteiger partial charge is 0.249 e. The Bertz CT molecular complexity index is 367. The molecule has 0 spiro atoms. The van der Waals surface area contributed by atoms with Crippen molar-refractivity contribution in [1.29, 1.82) is 0 Å². The lowest BCUT2D eigenvalue weighted by Crippen LogP contribution is -2.36. The van der Waals surface area contributed by atoms with Gasteiger partial charge in [-0.05, 0) is 0 Å². The first-order chi connectivity index (χ1) is 4.88. The third kappa shape index (κ3) is 0.603. The van der Waals surface area contributed by atoms with Crippen LogP contribution in [0.1, 0.15) is 6.42 Å². The molecule has 0 aliphatic carbocycles. The van der Waals surface area contributed by atoms with Crippen molar-refractivity contribution in [1.82, 2.24) is 4.98 Å². The number of hydrogen-bond acceptors (Lipinski definition) is 2. The highest BCUT2D eigenvalue weighted by molar-refractivity contribution is 5.33. The molecule has 0 atom stereocenters. The van der Waals surface area contributed by atoms with Crippen LogP contribution in [-0.4, -0.2) is 4.98 Å². The maximum absolute atomic E-state index is 5.59. The van der Waals surface area contributed by atoms with Gasteiger partial charge in [0.2, 0.25) is 5.35 Å². The molecule has 2 rings (SSSR count). The molecule has 1 aliphatic heterocycles. The van der Waals surface area contributed by atoms with Crippen LogP contribution in [0.5, 0.6) is 0 Å². The van der Waals surface area contributed by atoms with E-state index >= 15 is 0 Å². The second-order valence-corrected chi connectivity index (χ2v) is 2.23. The van der Waals surface area contributed by atoms with Crippen molar-refractivity contribution in [3.63, 3.8) is 0 Å². The average molecular weight is 134 g/mol. The van der Waals surface area contributed by atoms with Crippen LogP contribution in [0, 0.1) is 6.21 Å². The summed E-state index contributed by atoms with van der Waals surface area (Å²) >= 11 is 0. The molecular formula is C7H8N3+. The lowest BCUT2D eigenvalue weighted by Gasteiger charge is -1.82. The Balaban J connectivity index is 2.97. The molecule has 3 nitrogen and oxygen atoms in total. The van der Waals surface area contributed by atoms with Gasteiger partial charge in [0.05, 0.1) is 12.6 Å². The van der Waals surface area contributed by atoms with Gasteiger partial charge < -0.3 is 5.73 Å². The number of nitrogens with two attached hydrogens (primary N) is 1. The topological polar surface area (TPSA) is 44.8 Å². The van der Waals surface area contributed by atoms with Gasteiger partial charge in [-0.3, -0.25) is 0 Å². The van der Waals surface area contributed by atoms with Crippen LogP contribution < -0.4 is 15.3 Å². The van der Waals surface area contributed by atoms with Crippen molar-refractivity contribution in [3.8, 4) is 0 Å². The van der Waals surface area contributed by atoms with Gasteiger partial charge in [-0.15, -0.1) is 0 Å². The van der Waals surface area contributed by atoms with Crippen LogP contribution in [0.2, 0.25) is 0 Å². The largest absolute Gasteiger partial charge is 0.378 e. The molecule has 0 radical (unpaired) electrons. The first-order valence-corrected chi connectivity index (χ1v) is 3.20. The second-order valence-electron chi connectivity index (χ2n) is 2.23. The second kappa shape index (κ2) is 1.80. The van der Waals surface area contributed by atoms with Crippen LogP contribution in [0.25, 0.3) is 6.08 Å². The Morgan fingerprint density at radius 1 is 1.60 bits per heavy atom. The molecule has 0 bridgehead atoms. The lowest BCUT2D eigenvalue weighted by molar-refractivity contribution is -0.520. The van der Waals surface area contributed by atoms with Gasteiger partial charge in [0.25, 0.3) is 0 Å². The van der Waals surface area contributed by atoms with Crippen LogP contribution in [0.15, 0.2) is 12.4 Å². The minimum absolute atomic E-state index is 0.608. The zero-order valence-electron chi connectivity index (χ0n) is 5.49. The predicted octanol–water partition coefficient (Wildman–Crippen LogP) is -0.855. The van der Waals surface area contributed by atoms with Crippen molar-refractivity contribution in [2.45, 2.75) is 6.42 Å². The molecule has 50 valence electrons. The summed E-state index contributed by atoms with van der Waals surface area (Å²) in [4.78, 5) is 3.96. The van der Waals surface area contributed by atoms with E-state index in [1.807, 2.05) is 10.4 Å². The summed E-state index contributed by atoms with van der Waals surface area (Å²) in [6.07, 6.45) is 8.68. The quantitative estimate of drug-likeness (QED) is 0.469. The molecule has 0 aromatic carbocycles. The molecule has 3 heteroatoms. The number of nitrogens with zero attached hydrogens (tertiary/aromatic N) is 2. The molecule has 0 amide bonds. The standard InChI is InChI=1S/C7H8N3/c8-7-6-2-1-4-10(6)5-3-9-7/h2-5H,1H2,(H2,8,9)/q+1. The first kappa shape index (κ1) is 5.41. The Morgan fingerprint density at radius 3 is 3.30 bits per heavy atom. The molecule has 0 unspecified atom stereocenters. The number of nitrogen functional groups attached to an aromatic ring is 1. The number of fused-ring (bicyclic) bond motifs is 1. The summed E-state index contributed by atoms with van der Waals surface area (Å²) in [6, 6.07) is 0. The molecule has 2 N–H and O–H groups in total. The van der Waals surface area contributed by atoms with E-state index in [2.05, 4.69) is 17.3 Å². The van der Waals surface area contributed by atoms with Crippen molar-refractivity contribution in [3.05, 3.63) is 24.0 Å². The maximum Gasteiger partial charge on any atom is 0.249 e. The molecule has 0 fully saturated rings. The Kier molecular flexibility index (Phi) is 0.974. The molecule has 1 aliphatic rings. The molecule has 1 aromatic heterocycles. The van der Waals surface area contributed by atoms with Gasteiger partial charge in [0, 0.05) is 6.08 Å². The van der Waals surface area contributed by atoms with Crippen LogP contribution in [0.4, 0.5) is 5.82 Å². The molecule has 10 heavy (non-hydrogen) atoms. The van der Waals surface area contributed by atoms with Gasteiger partial charge >= 0.3 is 0 Å². The fraction of sp³-hybridized carbons (Fsp3) is 0.143. The van der Waals surface area contributed by atoms with Crippen molar-refractivity contribution in [2.24, 2.45) is 0 Å². The summed E-state index contributed by atoms with van der Waals surface area (Å²) in [5.41, 5.74) is 5.59. The summed E-state index contributed by atoms with van der Waals surface area (Å²) in [7, 11) is 0. The van der Waals surface area contributed by atoms with Gasteiger partial charge in [-0.25, -0.2) is 4.98 Å². The van der Waals surface area contributed by atoms with Crippen LogP contribution in [-0.2, 0) is 0 Å². The molecule has 1 aromatic rings. The van der Waals surface area contributed by atoms with Gasteiger partial charge in [0.1, 0.15) is 0 Å². The van der Waals surface area contributed by atoms with E-state index in [0.29, 0.717) is 5.82 Å². The fourth-order valence-electron chi connectivity index (χ4n) is 1.11. The summed E-state index contributed by atoms with van der Waals surface area (Å²) in [5.74, 6) is 0.608. The molecular weight excluding hydrogens is 126 g/mol. The average Bonchev–Trinajstić information content (AvgIpc) is 2.36.